The Balaban J connectivity index is 1.53. The smallest absolute Gasteiger partial charge is 0.244 e. The summed E-state index contributed by atoms with van der Waals surface area (Å²) in [4.78, 5) is 16.7. The Morgan fingerprint density at radius 1 is 1.12 bits per heavy atom. The van der Waals surface area contributed by atoms with Gasteiger partial charge in [-0.1, -0.05) is 29.3 Å². The minimum atomic E-state index is 0.121. The number of halogens is 2. The van der Waals surface area contributed by atoms with Gasteiger partial charge in [-0.25, -0.2) is 0 Å². The highest BCUT2D eigenvalue weighted by Crippen LogP contribution is 2.22. The van der Waals surface area contributed by atoms with Gasteiger partial charge < -0.3 is 4.90 Å². The highest BCUT2D eigenvalue weighted by atomic mass is 35.5. The zero-order valence-corrected chi connectivity index (χ0v) is 16.0. The van der Waals surface area contributed by atoms with E-state index in [2.05, 4.69) is 10.00 Å². The number of nitrogens with zero attached hydrogens (tertiary/aromatic N) is 4. The van der Waals surface area contributed by atoms with E-state index in [1.54, 1.807) is 10.7 Å². The number of piperazine rings is 1. The largest absolute Gasteiger partial charge is 0.339 e. The van der Waals surface area contributed by atoms with Gasteiger partial charge in [0, 0.05) is 48.5 Å². The molecule has 134 valence electrons. The third-order valence-corrected chi connectivity index (χ3v) is 5.11. The number of aryl methyl sites for hydroxylation is 2. The average molecular weight is 381 g/mol. The number of benzene rings is 1. The normalized spacial score (nSPS) is 15.6. The van der Waals surface area contributed by atoms with Crippen LogP contribution in [0.15, 0.2) is 24.3 Å². The molecule has 0 N–H and O–H groups in total. The van der Waals surface area contributed by atoms with E-state index in [4.69, 9.17) is 23.2 Å². The second kappa shape index (κ2) is 7.77. The van der Waals surface area contributed by atoms with E-state index in [9.17, 15) is 4.79 Å². The molecule has 0 unspecified atom stereocenters. The summed E-state index contributed by atoms with van der Waals surface area (Å²) in [5, 5.41) is 5.70. The quantitative estimate of drug-likeness (QED) is 0.817. The van der Waals surface area contributed by atoms with Gasteiger partial charge in [0.1, 0.15) is 6.54 Å². The predicted molar refractivity (Wildman–Crippen MR) is 100 cm³/mol. The van der Waals surface area contributed by atoms with Gasteiger partial charge in [-0.15, -0.1) is 0 Å². The molecule has 2 heterocycles. The van der Waals surface area contributed by atoms with E-state index in [1.807, 2.05) is 36.9 Å². The highest BCUT2D eigenvalue weighted by Gasteiger charge is 2.22. The lowest BCUT2D eigenvalue weighted by Gasteiger charge is -2.35. The third kappa shape index (κ3) is 4.54. The Bertz CT molecular complexity index is 766. The lowest BCUT2D eigenvalue weighted by molar-refractivity contribution is -0.133. The summed E-state index contributed by atoms with van der Waals surface area (Å²) in [7, 11) is 0. The van der Waals surface area contributed by atoms with Crippen molar-refractivity contribution in [2.24, 2.45) is 0 Å². The summed E-state index contributed by atoms with van der Waals surface area (Å²) in [5.41, 5.74) is 3.02. The molecule has 1 saturated heterocycles. The summed E-state index contributed by atoms with van der Waals surface area (Å²) in [6, 6.07) is 7.58. The Hall–Kier alpha value is -1.56. The SMILES string of the molecule is Cc1cc(C)n(CC(=O)N2CCN(Cc3ccc(Cl)cc3Cl)CC2)n1. The van der Waals surface area contributed by atoms with Crippen LogP contribution in [0.5, 0.6) is 0 Å². The van der Waals surface area contributed by atoms with Crippen LogP contribution in [0.2, 0.25) is 10.0 Å². The molecule has 25 heavy (non-hydrogen) atoms. The van der Waals surface area contributed by atoms with Gasteiger partial charge in [0.2, 0.25) is 5.91 Å². The van der Waals surface area contributed by atoms with Crippen molar-refractivity contribution in [2.45, 2.75) is 26.9 Å². The molecule has 1 aromatic carbocycles. The van der Waals surface area contributed by atoms with E-state index in [0.29, 0.717) is 16.6 Å². The molecule has 0 aliphatic carbocycles. The zero-order chi connectivity index (χ0) is 18.0. The number of rotatable bonds is 4. The molecular weight excluding hydrogens is 359 g/mol. The van der Waals surface area contributed by atoms with Crippen molar-refractivity contribution >= 4 is 29.1 Å². The molecule has 0 spiro atoms. The minimum absolute atomic E-state index is 0.121. The van der Waals surface area contributed by atoms with E-state index >= 15 is 0 Å². The van der Waals surface area contributed by atoms with Gasteiger partial charge in [-0.2, -0.15) is 5.10 Å². The molecule has 2 aromatic rings. The molecule has 1 aromatic heterocycles. The number of carbonyl (C=O) groups is 1. The Morgan fingerprint density at radius 3 is 2.44 bits per heavy atom. The number of hydrogen-bond acceptors (Lipinski definition) is 3. The van der Waals surface area contributed by atoms with E-state index < -0.39 is 0 Å². The maximum absolute atomic E-state index is 12.5. The summed E-state index contributed by atoms with van der Waals surface area (Å²) in [5.74, 6) is 0.121. The van der Waals surface area contributed by atoms with Gasteiger partial charge in [0.25, 0.3) is 0 Å². The minimum Gasteiger partial charge on any atom is -0.339 e. The van der Waals surface area contributed by atoms with Gasteiger partial charge in [0.15, 0.2) is 0 Å². The van der Waals surface area contributed by atoms with Crippen LogP contribution in [0.25, 0.3) is 0 Å². The molecule has 1 amide bonds. The summed E-state index contributed by atoms with van der Waals surface area (Å²) >= 11 is 12.2. The number of amides is 1. The molecule has 3 rings (SSSR count). The monoisotopic (exact) mass is 380 g/mol. The van der Waals surface area contributed by atoms with Crippen LogP contribution in [-0.4, -0.2) is 51.7 Å². The Labute approximate surface area is 158 Å². The van der Waals surface area contributed by atoms with Gasteiger partial charge in [0.05, 0.1) is 5.69 Å². The van der Waals surface area contributed by atoms with E-state index in [0.717, 1.165) is 49.7 Å². The molecule has 0 saturated carbocycles. The zero-order valence-electron chi connectivity index (χ0n) is 14.5. The highest BCUT2D eigenvalue weighted by molar-refractivity contribution is 6.35. The average Bonchev–Trinajstić information content (AvgIpc) is 2.88. The standard InChI is InChI=1S/C18H22Cl2N4O/c1-13-9-14(2)24(21-13)12-18(25)23-7-5-22(6-8-23)11-15-3-4-16(19)10-17(15)20/h3-4,9-10H,5-8,11-12H2,1-2H3. The van der Waals surface area contributed by atoms with Crippen LogP contribution < -0.4 is 0 Å². The lowest BCUT2D eigenvalue weighted by Crippen LogP contribution is -2.49. The Kier molecular flexibility index (Phi) is 5.67. The molecular formula is C18H22Cl2N4O. The van der Waals surface area contributed by atoms with Gasteiger partial charge >= 0.3 is 0 Å². The van der Waals surface area contributed by atoms with Gasteiger partial charge in [-0.3, -0.25) is 14.4 Å². The van der Waals surface area contributed by atoms with Crippen LogP contribution in [0.3, 0.4) is 0 Å². The van der Waals surface area contributed by atoms with Crippen LogP contribution in [0.1, 0.15) is 17.0 Å². The Morgan fingerprint density at radius 2 is 1.84 bits per heavy atom. The molecule has 1 aliphatic rings. The number of aromatic nitrogens is 2. The van der Waals surface area contributed by atoms with Crippen molar-refractivity contribution in [3.63, 3.8) is 0 Å². The molecule has 0 atom stereocenters. The van der Waals surface area contributed by atoms with E-state index in [-0.39, 0.29) is 5.91 Å². The second-order valence-corrected chi connectivity index (χ2v) is 7.32. The fraction of sp³-hybridized carbons (Fsp3) is 0.444. The van der Waals surface area contributed by atoms with Crippen LogP contribution in [-0.2, 0) is 17.9 Å². The fourth-order valence-corrected chi connectivity index (χ4v) is 3.58. The number of carbonyl (C=O) groups excluding carboxylic acids is 1. The van der Waals surface area contributed by atoms with Crippen LogP contribution in [0, 0.1) is 13.8 Å². The number of hydrogen-bond donors (Lipinski definition) is 0. The van der Waals surface area contributed by atoms with Crippen LogP contribution in [0.4, 0.5) is 0 Å². The molecule has 1 fully saturated rings. The lowest BCUT2D eigenvalue weighted by atomic mass is 10.2. The molecule has 7 heteroatoms. The third-order valence-electron chi connectivity index (χ3n) is 4.52. The van der Waals surface area contributed by atoms with Crippen molar-refractivity contribution in [3.8, 4) is 0 Å². The molecule has 1 aliphatic heterocycles. The summed E-state index contributed by atoms with van der Waals surface area (Å²) in [6.45, 7) is 8.12. The first kappa shape index (κ1) is 18.2. The molecule has 0 bridgehead atoms. The molecule has 0 radical (unpaired) electrons. The second-order valence-electron chi connectivity index (χ2n) is 6.48. The first-order chi connectivity index (χ1) is 11.9. The first-order valence-electron chi connectivity index (χ1n) is 8.37. The van der Waals surface area contributed by atoms with Crippen molar-refractivity contribution in [3.05, 3.63) is 51.3 Å². The van der Waals surface area contributed by atoms with Crippen molar-refractivity contribution in [1.29, 1.82) is 0 Å². The first-order valence-corrected chi connectivity index (χ1v) is 9.13. The van der Waals surface area contributed by atoms with Crippen molar-refractivity contribution < 1.29 is 4.79 Å². The fourth-order valence-electron chi connectivity index (χ4n) is 3.11. The van der Waals surface area contributed by atoms with E-state index in [1.165, 1.54) is 0 Å². The molecule has 5 nitrogen and oxygen atoms in total. The van der Waals surface area contributed by atoms with Crippen LogP contribution >= 0.6 is 23.2 Å². The topological polar surface area (TPSA) is 41.4 Å². The van der Waals surface area contributed by atoms with Gasteiger partial charge in [-0.05, 0) is 37.6 Å². The maximum atomic E-state index is 12.5. The van der Waals surface area contributed by atoms with Crippen molar-refractivity contribution in [2.75, 3.05) is 26.2 Å². The summed E-state index contributed by atoms with van der Waals surface area (Å²) < 4.78 is 1.78. The maximum Gasteiger partial charge on any atom is 0.244 e. The summed E-state index contributed by atoms with van der Waals surface area (Å²) in [6.07, 6.45) is 0. The van der Waals surface area contributed by atoms with Crippen molar-refractivity contribution in [1.82, 2.24) is 19.6 Å². The predicted octanol–water partition coefficient (Wildman–Crippen LogP) is 3.15.